The number of anilines is 1. The van der Waals surface area contributed by atoms with Crippen molar-refractivity contribution in [1.82, 2.24) is 14.8 Å². The van der Waals surface area contributed by atoms with Crippen LogP contribution < -0.4 is 5.32 Å². The van der Waals surface area contributed by atoms with E-state index in [-0.39, 0.29) is 23.9 Å². The number of aromatic nitrogens is 1. The molecule has 0 atom stereocenters. The lowest BCUT2D eigenvalue weighted by atomic mass is 10.0. The van der Waals surface area contributed by atoms with Crippen molar-refractivity contribution in [3.63, 3.8) is 0 Å². The molecule has 8 nitrogen and oxygen atoms in total. The first kappa shape index (κ1) is 21.4. The number of ether oxygens (including phenoxy) is 1. The second-order valence-corrected chi connectivity index (χ2v) is 9.19. The third kappa shape index (κ3) is 5.20. The Morgan fingerprint density at radius 2 is 2.00 bits per heavy atom. The molecule has 0 aromatic carbocycles. The Morgan fingerprint density at radius 3 is 2.62 bits per heavy atom. The van der Waals surface area contributed by atoms with Crippen LogP contribution in [0.25, 0.3) is 0 Å². The van der Waals surface area contributed by atoms with Gasteiger partial charge in [-0.3, -0.25) is 9.59 Å². The Bertz CT molecular complexity index is 800. The lowest BCUT2D eigenvalue weighted by Crippen LogP contribution is -2.49. The number of thioether (sulfide) groups is 1. The van der Waals surface area contributed by atoms with E-state index in [9.17, 15) is 14.4 Å². The standard InChI is InChI=1S/C20H28N4O4S/c1-5-24(13-8-10-23(11-9-13)19(27)28-20(2,3)4)18(26)14-6-7-15-17(21-14)22-16(25)12-29-15/h6-7,13H,5,8-12H2,1-4H3,(H,21,22,25). The summed E-state index contributed by atoms with van der Waals surface area (Å²) in [5, 5.41) is 2.73. The molecule has 0 aliphatic carbocycles. The molecule has 2 aliphatic rings. The number of hydrogen-bond donors (Lipinski definition) is 1. The Balaban J connectivity index is 1.65. The topological polar surface area (TPSA) is 91.8 Å². The fourth-order valence-corrected chi connectivity index (χ4v) is 4.24. The van der Waals surface area contributed by atoms with Gasteiger partial charge in [0.15, 0.2) is 0 Å². The van der Waals surface area contributed by atoms with Gasteiger partial charge in [-0.05, 0) is 52.7 Å². The minimum atomic E-state index is -0.523. The van der Waals surface area contributed by atoms with Crippen LogP contribution >= 0.6 is 11.8 Å². The summed E-state index contributed by atoms with van der Waals surface area (Å²) in [6, 6.07) is 3.58. The molecule has 0 saturated carbocycles. The molecule has 1 fully saturated rings. The molecule has 0 unspecified atom stereocenters. The molecule has 0 spiro atoms. The van der Waals surface area contributed by atoms with Crippen molar-refractivity contribution in [3.05, 3.63) is 17.8 Å². The third-order valence-electron chi connectivity index (χ3n) is 4.85. The maximum atomic E-state index is 13.1. The van der Waals surface area contributed by atoms with Crippen LogP contribution in [0, 0.1) is 0 Å². The van der Waals surface area contributed by atoms with E-state index in [0.29, 0.717) is 49.7 Å². The first-order valence-corrected chi connectivity index (χ1v) is 10.9. The Hall–Kier alpha value is -2.29. The molecule has 1 saturated heterocycles. The van der Waals surface area contributed by atoms with Crippen LogP contribution in [0.1, 0.15) is 51.0 Å². The lowest BCUT2D eigenvalue weighted by molar-refractivity contribution is -0.113. The highest BCUT2D eigenvalue weighted by Crippen LogP contribution is 2.30. The molecule has 3 amide bonds. The van der Waals surface area contributed by atoms with Crippen molar-refractivity contribution in [2.75, 3.05) is 30.7 Å². The summed E-state index contributed by atoms with van der Waals surface area (Å²) in [5.41, 5.74) is -0.200. The molecule has 0 bridgehead atoms. The van der Waals surface area contributed by atoms with E-state index < -0.39 is 5.60 Å². The average Bonchev–Trinajstić information content (AvgIpc) is 2.67. The number of carbonyl (C=O) groups is 3. The number of pyridine rings is 1. The molecule has 158 valence electrons. The molecule has 1 N–H and O–H groups in total. The van der Waals surface area contributed by atoms with Crippen LogP contribution in [0.3, 0.4) is 0 Å². The van der Waals surface area contributed by atoms with Gasteiger partial charge in [-0.25, -0.2) is 9.78 Å². The average molecular weight is 421 g/mol. The van der Waals surface area contributed by atoms with Gasteiger partial charge in [0.25, 0.3) is 5.91 Å². The predicted molar refractivity (Wildman–Crippen MR) is 111 cm³/mol. The molecule has 0 radical (unpaired) electrons. The van der Waals surface area contributed by atoms with Gasteiger partial charge in [0, 0.05) is 25.7 Å². The van der Waals surface area contributed by atoms with Gasteiger partial charge in [-0.1, -0.05) is 0 Å². The van der Waals surface area contributed by atoms with Crippen molar-refractivity contribution in [3.8, 4) is 0 Å². The third-order valence-corrected chi connectivity index (χ3v) is 5.90. The van der Waals surface area contributed by atoms with Crippen LogP contribution in [0.15, 0.2) is 17.0 Å². The van der Waals surface area contributed by atoms with Gasteiger partial charge in [0.2, 0.25) is 5.91 Å². The van der Waals surface area contributed by atoms with E-state index in [2.05, 4.69) is 10.3 Å². The zero-order chi connectivity index (χ0) is 21.2. The van der Waals surface area contributed by atoms with Crippen LogP contribution in [0.4, 0.5) is 10.6 Å². The largest absolute Gasteiger partial charge is 0.444 e. The molecule has 1 aromatic rings. The smallest absolute Gasteiger partial charge is 0.410 e. The Morgan fingerprint density at radius 1 is 1.31 bits per heavy atom. The second kappa shape index (κ2) is 8.61. The summed E-state index contributed by atoms with van der Waals surface area (Å²) in [4.78, 5) is 45.7. The minimum Gasteiger partial charge on any atom is -0.444 e. The predicted octanol–water partition coefficient (Wildman–Crippen LogP) is 2.99. The van der Waals surface area contributed by atoms with Gasteiger partial charge in [-0.15, -0.1) is 11.8 Å². The maximum absolute atomic E-state index is 13.1. The number of piperidine rings is 1. The zero-order valence-corrected chi connectivity index (χ0v) is 18.2. The monoisotopic (exact) mass is 420 g/mol. The summed E-state index contributed by atoms with van der Waals surface area (Å²) in [7, 11) is 0. The van der Waals surface area contributed by atoms with E-state index in [1.807, 2.05) is 33.8 Å². The Kier molecular flexibility index (Phi) is 6.36. The minimum absolute atomic E-state index is 0.0352. The van der Waals surface area contributed by atoms with E-state index in [1.165, 1.54) is 11.8 Å². The fourth-order valence-electron chi connectivity index (χ4n) is 3.48. The number of hydrogen-bond acceptors (Lipinski definition) is 6. The number of fused-ring (bicyclic) bond motifs is 1. The quantitative estimate of drug-likeness (QED) is 0.808. The molecular weight excluding hydrogens is 392 g/mol. The number of carbonyl (C=O) groups excluding carboxylic acids is 3. The summed E-state index contributed by atoms with van der Waals surface area (Å²) in [6.45, 7) is 9.14. The van der Waals surface area contributed by atoms with Crippen LogP contribution in [-0.2, 0) is 9.53 Å². The van der Waals surface area contributed by atoms with Crippen LogP contribution in [-0.4, -0.2) is 69.7 Å². The molecule has 29 heavy (non-hydrogen) atoms. The summed E-state index contributed by atoms with van der Waals surface area (Å²) >= 11 is 1.42. The summed E-state index contributed by atoms with van der Waals surface area (Å²) in [6.07, 6.45) is 1.07. The molecule has 9 heteroatoms. The van der Waals surface area contributed by atoms with Gasteiger partial charge in [-0.2, -0.15) is 0 Å². The van der Waals surface area contributed by atoms with Crippen molar-refractivity contribution < 1.29 is 19.1 Å². The van der Waals surface area contributed by atoms with Crippen molar-refractivity contribution in [2.45, 2.75) is 57.1 Å². The fraction of sp³-hybridized carbons (Fsp3) is 0.600. The molecule has 2 aliphatic heterocycles. The number of rotatable bonds is 3. The number of nitrogens with one attached hydrogen (secondary N) is 1. The summed E-state index contributed by atoms with van der Waals surface area (Å²) in [5.74, 6) is 0.546. The Labute approximate surface area is 175 Å². The molecule has 1 aromatic heterocycles. The first-order valence-electron chi connectivity index (χ1n) is 9.90. The molecule has 3 heterocycles. The maximum Gasteiger partial charge on any atom is 0.410 e. The van der Waals surface area contributed by atoms with Crippen LogP contribution in [0.2, 0.25) is 0 Å². The van der Waals surface area contributed by atoms with E-state index >= 15 is 0 Å². The first-order chi connectivity index (χ1) is 13.7. The van der Waals surface area contributed by atoms with Gasteiger partial charge in [0.05, 0.1) is 10.6 Å². The van der Waals surface area contributed by atoms with Crippen molar-refractivity contribution in [1.29, 1.82) is 0 Å². The number of amides is 3. The lowest BCUT2D eigenvalue weighted by Gasteiger charge is -2.38. The highest BCUT2D eigenvalue weighted by atomic mass is 32.2. The van der Waals surface area contributed by atoms with E-state index in [4.69, 9.17) is 4.74 Å². The molecular formula is C20H28N4O4S. The zero-order valence-electron chi connectivity index (χ0n) is 17.4. The van der Waals surface area contributed by atoms with Gasteiger partial charge >= 0.3 is 6.09 Å². The van der Waals surface area contributed by atoms with Gasteiger partial charge in [0.1, 0.15) is 17.1 Å². The highest BCUT2D eigenvalue weighted by Gasteiger charge is 2.32. The van der Waals surface area contributed by atoms with Crippen molar-refractivity contribution in [2.24, 2.45) is 0 Å². The van der Waals surface area contributed by atoms with Gasteiger partial charge < -0.3 is 19.9 Å². The van der Waals surface area contributed by atoms with E-state index in [1.54, 1.807) is 15.9 Å². The highest BCUT2D eigenvalue weighted by molar-refractivity contribution is 8.00. The van der Waals surface area contributed by atoms with E-state index in [0.717, 1.165) is 4.90 Å². The number of likely N-dealkylation sites (tertiary alicyclic amines) is 1. The molecule has 3 rings (SSSR count). The second-order valence-electron chi connectivity index (χ2n) is 8.17. The normalized spacial score (nSPS) is 17.4. The SMILES string of the molecule is CCN(C(=O)c1ccc2c(n1)NC(=O)CS2)C1CCN(C(=O)OC(C)(C)C)CC1. The van der Waals surface area contributed by atoms with Crippen molar-refractivity contribution >= 4 is 35.5 Å². The number of nitrogens with zero attached hydrogens (tertiary/aromatic N) is 3. The summed E-state index contributed by atoms with van der Waals surface area (Å²) < 4.78 is 5.44. The van der Waals surface area contributed by atoms with Crippen LogP contribution in [0.5, 0.6) is 0 Å².